The Labute approximate surface area is 152 Å². The number of hydrogen-bond acceptors (Lipinski definition) is 3. The first-order valence-electron chi connectivity index (χ1n) is 10.4. The average Bonchev–Trinajstić information content (AvgIpc) is 3.16. The summed E-state index contributed by atoms with van der Waals surface area (Å²) in [4.78, 5) is 32.0. The van der Waals surface area contributed by atoms with Crippen LogP contribution in [0.1, 0.15) is 65.2 Å². The van der Waals surface area contributed by atoms with Crippen LogP contribution >= 0.6 is 0 Å². The quantitative estimate of drug-likeness (QED) is 0.783. The minimum atomic E-state index is 0.0435. The summed E-state index contributed by atoms with van der Waals surface area (Å²) in [7, 11) is 0. The lowest BCUT2D eigenvalue weighted by molar-refractivity contribution is -0.144. The lowest BCUT2D eigenvalue weighted by atomic mass is 9.92. The molecule has 25 heavy (non-hydrogen) atoms. The van der Waals surface area contributed by atoms with Gasteiger partial charge in [0.15, 0.2) is 0 Å². The lowest BCUT2D eigenvalue weighted by Gasteiger charge is -2.44. The van der Waals surface area contributed by atoms with E-state index in [9.17, 15) is 9.59 Å². The Kier molecular flexibility index (Phi) is 6.37. The van der Waals surface area contributed by atoms with E-state index in [1.165, 1.54) is 32.1 Å². The maximum atomic E-state index is 13.5. The van der Waals surface area contributed by atoms with Gasteiger partial charge in [0, 0.05) is 45.2 Å². The van der Waals surface area contributed by atoms with E-state index in [1.807, 2.05) is 11.8 Å². The minimum absolute atomic E-state index is 0.0435. The normalized spacial score (nSPS) is 27.5. The van der Waals surface area contributed by atoms with Crippen molar-refractivity contribution in [3.63, 3.8) is 0 Å². The zero-order valence-electron chi connectivity index (χ0n) is 16.1. The van der Waals surface area contributed by atoms with Crippen LogP contribution in [0.5, 0.6) is 0 Å². The molecule has 0 bridgehead atoms. The van der Waals surface area contributed by atoms with E-state index in [2.05, 4.69) is 16.7 Å². The predicted molar refractivity (Wildman–Crippen MR) is 99.2 cm³/mol. The van der Waals surface area contributed by atoms with Gasteiger partial charge in [0.1, 0.15) is 0 Å². The lowest BCUT2D eigenvalue weighted by Crippen LogP contribution is -2.60. The van der Waals surface area contributed by atoms with Crippen LogP contribution in [0, 0.1) is 5.92 Å². The Morgan fingerprint density at radius 1 is 0.920 bits per heavy atom. The van der Waals surface area contributed by atoms with Gasteiger partial charge in [-0.3, -0.25) is 14.5 Å². The number of nitrogens with zero attached hydrogens (tertiary/aromatic N) is 3. The van der Waals surface area contributed by atoms with Gasteiger partial charge in [-0.2, -0.15) is 0 Å². The molecular formula is C20H35N3O2. The summed E-state index contributed by atoms with van der Waals surface area (Å²) in [6.07, 6.45) is 9.01. The summed E-state index contributed by atoms with van der Waals surface area (Å²) in [6, 6.07) is 0.426. The standard InChI is InChI=1S/C20H35N3O2/c1-3-18(24)21-12-14-22(15-13-21)19(17-9-4-5-10-17)20(25)23-11-7-6-8-16(23)2/h16-17,19H,3-15H2,1-2H3/t16-,19+/m0/s1. The van der Waals surface area contributed by atoms with E-state index >= 15 is 0 Å². The number of amides is 2. The third-order valence-electron chi connectivity index (χ3n) is 6.55. The smallest absolute Gasteiger partial charge is 0.240 e. The summed E-state index contributed by atoms with van der Waals surface area (Å²) in [6.45, 7) is 8.31. The summed E-state index contributed by atoms with van der Waals surface area (Å²) < 4.78 is 0. The Hall–Kier alpha value is -1.10. The SMILES string of the molecule is CCC(=O)N1CCN([C@@H](C(=O)N2CCCC[C@@H]2C)C2CCCC2)CC1. The van der Waals surface area contributed by atoms with E-state index in [1.54, 1.807) is 0 Å². The fourth-order valence-corrected chi connectivity index (χ4v) is 5.00. The largest absolute Gasteiger partial charge is 0.340 e. The van der Waals surface area contributed by atoms with E-state index < -0.39 is 0 Å². The Morgan fingerprint density at radius 2 is 1.56 bits per heavy atom. The second kappa shape index (κ2) is 8.52. The van der Waals surface area contributed by atoms with Gasteiger partial charge in [0.25, 0.3) is 0 Å². The number of piperidine rings is 1. The zero-order chi connectivity index (χ0) is 17.8. The van der Waals surface area contributed by atoms with Gasteiger partial charge in [-0.25, -0.2) is 0 Å². The number of hydrogen-bond donors (Lipinski definition) is 0. The highest BCUT2D eigenvalue weighted by Crippen LogP contribution is 2.33. The van der Waals surface area contributed by atoms with Crippen LogP contribution in [-0.4, -0.2) is 71.3 Å². The maximum Gasteiger partial charge on any atom is 0.240 e. The zero-order valence-corrected chi connectivity index (χ0v) is 16.1. The molecule has 5 heteroatoms. The van der Waals surface area contributed by atoms with Gasteiger partial charge >= 0.3 is 0 Å². The number of piperazine rings is 1. The van der Waals surface area contributed by atoms with Gasteiger partial charge in [0.2, 0.25) is 11.8 Å². The summed E-state index contributed by atoms with van der Waals surface area (Å²) in [5.74, 6) is 1.12. The fraction of sp³-hybridized carbons (Fsp3) is 0.900. The van der Waals surface area contributed by atoms with Crippen molar-refractivity contribution in [1.82, 2.24) is 14.7 Å². The van der Waals surface area contributed by atoms with Crippen molar-refractivity contribution in [3.05, 3.63) is 0 Å². The molecule has 0 radical (unpaired) electrons. The molecule has 0 aromatic heterocycles. The minimum Gasteiger partial charge on any atom is -0.340 e. The first-order valence-corrected chi connectivity index (χ1v) is 10.4. The van der Waals surface area contributed by atoms with Crippen LogP contribution in [0.25, 0.3) is 0 Å². The van der Waals surface area contributed by atoms with Crippen LogP contribution in [0.2, 0.25) is 0 Å². The summed E-state index contributed by atoms with van der Waals surface area (Å²) >= 11 is 0. The Morgan fingerprint density at radius 3 is 2.16 bits per heavy atom. The molecule has 142 valence electrons. The second-order valence-electron chi connectivity index (χ2n) is 8.14. The molecule has 2 saturated heterocycles. The molecule has 2 aliphatic heterocycles. The topological polar surface area (TPSA) is 43.9 Å². The fourth-order valence-electron chi connectivity index (χ4n) is 5.00. The monoisotopic (exact) mass is 349 g/mol. The van der Waals surface area contributed by atoms with Crippen molar-refractivity contribution in [2.45, 2.75) is 77.3 Å². The first kappa shape index (κ1) is 18.7. The molecule has 5 nitrogen and oxygen atoms in total. The van der Waals surface area contributed by atoms with E-state index in [4.69, 9.17) is 0 Å². The Balaban J connectivity index is 1.69. The molecule has 2 heterocycles. The van der Waals surface area contributed by atoms with Crippen LogP contribution in [0.15, 0.2) is 0 Å². The van der Waals surface area contributed by atoms with Crippen LogP contribution in [-0.2, 0) is 9.59 Å². The van der Waals surface area contributed by atoms with Gasteiger partial charge in [0.05, 0.1) is 6.04 Å². The molecule has 3 fully saturated rings. The van der Waals surface area contributed by atoms with Crippen molar-refractivity contribution in [2.24, 2.45) is 5.92 Å². The third kappa shape index (κ3) is 4.18. The Bertz CT molecular complexity index is 468. The first-order chi connectivity index (χ1) is 12.1. The van der Waals surface area contributed by atoms with Crippen molar-refractivity contribution in [2.75, 3.05) is 32.7 Å². The predicted octanol–water partition coefficient (Wildman–Crippen LogP) is 2.50. The molecule has 1 saturated carbocycles. The van der Waals surface area contributed by atoms with Crippen molar-refractivity contribution in [1.29, 1.82) is 0 Å². The molecule has 2 atom stereocenters. The molecule has 3 aliphatic rings. The number of carbonyl (C=O) groups excluding carboxylic acids is 2. The molecular weight excluding hydrogens is 314 g/mol. The summed E-state index contributed by atoms with van der Waals surface area (Å²) in [5.41, 5.74) is 0. The van der Waals surface area contributed by atoms with Gasteiger partial charge in [-0.05, 0) is 44.9 Å². The van der Waals surface area contributed by atoms with Crippen LogP contribution in [0.3, 0.4) is 0 Å². The number of carbonyl (C=O) groups is 2. The van der Waals surface area contributed by atoms with Crippen molar-refractivity contribution >= 4 is 11.8 Å². The molecule has 0 unspecified atom stereocenters. The van der Waals surface area contributed by atoms with Crippen LogP contribution in [0.4, 0.5) is 0 Å². The average molecular weight is 350 g/mol. The number of rotatable bonds is 4. The van der Waals surface area contributed by atoms with Gasteiger partial charge in [-0.1, -0.05) is 19.8 Å². The van der Waals surface area contributed by atoms with E-state index in [0.29, 0.717) is 24.3 Å². The molecule has 3 rings (SSSR count). The highest BCUT2D eigenvalue weighted by Gasteiger charge is 2.40. The highest BCUT2D eigenvalue weighted by atomic mass is 16.2. The number of likely N-dealkylation sites (tertiary alicyclic amines) is 1. The van der Waals surface area contributed by atoms with Gasteiger partial charge < -0.3 is 9.80 Å². The van der Waals surface area contributed by atoms with Crippen LogP contribution < -0.4 is 0 Å². The maximum absolute atomic E-state index is 13.5. The molecule has 0 aromatic carbocycles. The third-order valence-corrected chi connectivity index (χ3v) is 6.55. The van der Waals surface area contributed by atoms with Crippen molar-refractivity contribution in [3.8, 4) is 0 Å². The molecule has 0 aromatic rings. The van der Waals surface area contributed by atoms with Gasteiger partial charge in [-0.15, -0.1) is 0 Å². The molecule has 2 amide bonds. The van der Waals surface area contributed by atoms with E-state index in [-0.39, 0.29) is 11.9 Å². The van der Waals surface area contributed by atoms with Crippen molar-refractivity contribution < 1.29 is 9.59 Å². The molecule has 0 N–H and O–H groups in total. The molecule has 1 aliphatic carbocycles. The second-order valence-corrected chi connectivity index (χ2v) is 8.14. The highest BCUT2D eigenvalue weighted by molar-refractivity contribution is 5.83. The van der Waals surface area contributed by atoms with E-state index in [0.717, 1.165) is 45.6 Å². The molecule has 0 spiro atoms. The summed E-state index contributed by atoms with van der Waals surface area (Å²) in [5, 5.41) is 0.